The van der Waals surface area contributed by atoms with Gasteiger partial charge >= 0.3 is 0 Å². The zero-order valence-corrected chi connectivity index (χ0v) is 12.0. The molecule has 0 fully saturated rings. The second kappa shape index (κ2) is 6.43. The highest BCUT2D eigenvalue weighted by molar-refractivity contribution is 5.94. The number of pyridine rings is 1. The molecule has 1 aromatic heterocycles. The first kappa shape index (κ1) is 14.4. The third kappa shape index (κ3) is 3.74. The maximum Gasteiger partial charge on any atom is 0.277 e. The molecule has 2 rings (SSSR count). The van der Waals surface area contributed by atoms with Gasteiger partial charge in [-0.05, 0) is 31.9 Å². The van der Waals surface area contributed by atoms with Crippen molar-refractivity contribution < 1.29 is 14.1 Å². The van der Waals surface area contributed by atoms with Crippen LogP contribution in [0.3, 0.4) is 0 Å². The SMILES string of the molecule is CC1CC=C(/C=N\NC(=O)c2ccc[n+](C)c2)C(C)O1. The van der Waals surface area contributed by atoms with E-state index in [4.69, 9.17) is 4.74 Å². The van der Waals surface area contributed by atoms with Gasteiger partial charge in [0, 0.05) is 6.07 Å². The van der Waals surface area contributed by atoms with Crippen LogP contribution in [0.15, 0.2) is 41.3 Å². The van der Waals surface area contributed by atoms with Gasteiger partial charge in [0.1, 0.15) is 12.6 Å². The largest absolute Gasteiger partial charge is 0.371 e. The van der Waals surface area contributed by atoms with E-state index in [0.29, 0.717) is 5.56 Å². The predicted octanol–water partition coefficient (Wildman–Crippen LogP) is 1.35. The summed E-state index contributed by atoms with van der Waals surface area (Å²) in [6.07, 6.45) is 8.48. The molecule has 2 unspecified atom stereocenters. The lowest BCUT2D eigenvalue weighted by molar-refractivity contribution is -0.671. The number of amides is 1. The van der Waals surface area contributed by atoms with Crippen molar-refractivity contribution in [3.8, 4) is 0 Å². The minimum absolute atomic E-state index is 0.00827. The number of aromatic nitrogens is 1. The predicted molar refractivity (Wildman–Crippen MR) is 76.3 cm³/mol. The maximum atomic E-state index is 11.9. The smallest absolute Gasteiger partial charge is 0.277 e. The quantitative estimate of drug-likeness (QED) is 0.514. The Bertz CT molecular complexity index is 552. The fourth-order valence-corrected chi connectivity index (χ4v) is 2.06. The first-order valence-electron chi connectivity index (χ1n) is 6.70. The second-order valence-electron chi connectivity index (χ2n) is 4.99. The van der Waals surface area contributed by atoms with E-state index in [-0.39, 0.29) is 18.1 Å². The number of carbonyl (C=O) groups excluding carboxylic acids is 1. The Morgan fingerprint density at radius 3 is 3.05 bits per heavy atom. The normalized spacial score (nSPS) is 22.6. The summed E-state index contributed by atoms with van der Waals surface area (Å²) < 4.78 is 7.50. The minimum Gasteiger partial charge on any atom is -0.371 e. The van der Waals surface area contributed by atoms with Crippen molar-refractivity contribution in [2.75, 3.05) is 0 Å². The Balaban J connectivity index is 1.95. The summed E-state index contributed by atoms with van der Waals surface area (Å²) >= 11 is 0. The van der Waals surface area contributed by atoms with E-state index in [1.165, 1.54) is 0 Å². The summed E-state index contributed by atoms with van der Waals surface area (Å²) in [5, 5.41) is 3.99. The number of hydrazone groups is 1. The molecular weight excluding hydrogens is 254 g/mol. The van der Waals surface area contributed by atoms with Crippen LogP contribution >= 0.6 is 0 Å². The number of hydrogen-bond donors (Lipinski definition) is 1. The van der Waals surface area contributed by atoms with Gasteiger partial charge in [0.25, 0.3) is 5.91 Å². The Labute approximate surface area is 119 Å². The molecule has 1 N–H and O–H groups in total. The summed E-state index contributed by atoms with van der Waals surface area (Å²) in [6.45, 7) is 4.02. The number of ether oxygens (including phenoxy) is 1. The van der Waals surface area contributed by atoms with Crippen LogP contribution in [0.2, 0.25) is 0 Å². The molecule has 0 spiro atoms. The average Bonchev–Trinajstić information content (AvgIpc) is 2.41. The van der Waals surface area contributed by atoms with Crippen LogP contribution in [0, 0.1) is 0 Å². The highest BCUT2D eigenvalue weighted by Crippen LogP contribution is 2.17. The summed E-state index contributed by atoms with van der Waals surface area (Å²) in [7, 11) is 1.87. The number of carbonyl (C=O) groups is 1. The highest BCUT2D eigenvalue weighted by atomic mass is 16.5. The number of nitrogens with zero attached hydrogens (tertiary/aromatic N) is 2. The molecule has 2 heterocycles. The van der Waals surface area contributed by atoms with E-state index in [2.05, 4.69) is 16.6 Å². The van der Waals surface area contributed by atoms with Crippen LogP contribution in [0.1, 0.15) is 30.6 Å². The Morgan fingerprint density at radius 1 is 1.55 bits per heavy atom. The third-order valence-electron chi connectivity index (χ3n) is 3.17. The van der Waals surface area contributed by atoms with Crippen molar-refractivity contribution in [3.05, 3.63) is 41.7 Å². The molecule has 20 heavy (non-hydrogen) atoms. The minimum atomic E-state index is -0.226. The summed E-state index contributed by atoms with van der Waals surface area (Å²) in [5.41, 5.74) is 4.09. The molecule has 106 valence electrons. The number of rotatable bonds is 3. The van der Waals surface area contributed by atoms with Crippen LogP contribution in [0.4, 0.5) is 0 Å². The van der Waals surface area contributed by atoms with Crippen molar-refractivity contribution in [1.82, 2.24) is 5.43 Å². The van der Waals surface area contributed by atoms with E-state index in [1.54, 1.807) is 18.5 Å². The molecule has 1 amide bonds. The van der Waals surface area contributed by atoms with Crippen LogP contribution in [-0.4, -0.2) is 24.3 Å². The Kier molecular flexibility index (Phi) is 4.63. The molecule has 0 saturated heterocycles. The zero-order valence-electron chi connectivity index (χ0n) is 12.0. The first-order chi connectivity index (χ1) is 9.56. The number of nitrogens with one attached hydrogen (secondary N) is 1. The van der Waals surface area contributed by atoms with Crippen molar-refractivity contribution >= 4 is 12.1 Å². The molecule has 1 aliphatic heterocycles. The lowest BCUT2D eigenvalue weighted by Crippen LogP contribution is -2.30. The molecule has 1 aliphatic rings. The molecular formula is C15H20N3O2+. The Morgan fingerprint density at radius 2 is 2.35 bits per heavy atom. The monoisotopic (exact) mass is 274 g/mol. The van der Waals surface area contributed by atoms with Gasteiger partial charge in [-0.1, -0.05) is 6.08 Å². The summed E-state index contributed by atoms with van der Waals surface area (Å²) in [6, 6.07) is 3.57. The molecule has 0 aromatic carbocycles. The lowest BCUT2D eigenvalue weighted by Gasteiger charge is -2.23. The van der Waals surface area contributed by atoms with E-state index < -0.39 is 0 Å². The number of hydrogen-bond acceptors (Lipinski definition) is 3. The summed E-state index contributed by atoms with van der Waals surface area (Å²) in [4.78, 5) is 11.9. The van der Waals surface area contributed by atoms with Gasteiger partial charge in [0.15, 0.2) is 12.4 Å². The van der Waals surface area contributed by atoms with Crippen molar-refractivity contribution in [2.45, 2.75) is 32.5 Å². The molecule has 0 radical (unpaired) electrons. The van der Waals surface area contributed by atoms with Crippen LogP contribution in [0.25, 0.3) is 0 Å². The maximum absolute atomic E-state index is 11.9. The topological polar surface area (TPSA) is 54.6 Å². The first-order valence-corrected chi connectivity index (χ1v) is 6.70. The number of aryl methyl sites for hydroxylation is 1. The van der Waals surface area contributed by atoms with E-state index in [9.17, 15) is 4.79 Å². The highest BCUT2D eigenvalue weighted by Gasteiger charge is 2.16. The molecule has 0 aliphatic carbocycles. The molecule has 1 aromatic rings. The van der Waals surface area contributed by atoms with Crippen LogP contribution in [-0.2, 0) is 11.8 Å². The molecule has 0 bridgehead atoms. The molecule has 5 nitrogen and oxygen atoms in total. The van der Waals surface area contributed by atoms with E-state index in [1.807, 2.05) is 37.7 Å². The van der Waals surface area contributed by atoms with Gasteiger partial charge in [0.05, 0.1) is 18.4 Å². The van der Waals surface area contributed by atoms with Gasteiger partial charge in [-0.3, -0.25) is 4.79 Å². The van der Waals surface area contributed by atoms with Crippen molar-refractivity contribution in [1.29, 1.82) is 0 Å². The second-order valence-corrected chi connectivity index (χ2v) is 4.99. The zero-order chi connectivity index (χ0) is 14.5. The Hall–Kier alpha value is -2.01. The van der Waals surface area contributed by atoms with Crippen LogP contribution < -0.4 is 9.99 Å². The van der Waals surface area contributed by atoms with Gasteiger partial charge in [-0.15, -0.1) is 0 Å². The van der Waals surface area contributed by atoms with E-state index in [0.717, 1.165) is 12.0 Å². The molecule has 0 saturated carbocycles. The van der Waals surface area contributed by atoms with Gasteiger partial charge in [-0.25, -0.2) is 9.99 Å². The fraction of sp³-hybridized carbons (Fsp3) is 0.400. The van der Waals surface area contributed by atoms with Crippen LogP contribution in [0.5, 0.6) is 0 Å². The molecule has 2 atom stereocenters. The lowest BCUT2D eigenvalue weighted by atomic mass is 10.1. The standard InChI is InChI=1S/C15H19N3O2/c1-11-6-7-13(12(2)20-11)9-16-17-15(19)14-5-4-8-18(3)10-14/h4-5,7-12H,6H2,1-3H3/p+1/b16-9-. The van der Waals surface area contributed by atoms with Gasteiger partial charge < -0.3 is 4.74 Å². The molecule has 5 heteroatoms. The van der Waals surface area contributed by atoms with Crippen molar-refractivity contribution in [3.63, 3.8) is 0 Å². The van der Waals surface area contributed by atoms with Gasteiger partial charge in [-0.2, -0.15) is 5.10 Å². The average molecular weight is 274 g/mol. The fourth-order valence-electron chi connectivity index (χ4n) is 2.06. The van der Waals surface area contributed by atoms with Gasteiger partial charge in [0.2, 0.25) is 0 Å². The van der Waals surface area contributed by atoms with Crippen molar-refractivity contribution in [2.24, 2.45) is 12.1 Å². The third-order valence-corrected chi connectivity index (χ3v) is 3.17. The summed E-state index contributed by atoms with van der Waals surface area (Å²) in [5.74, 6) is -0.226. The van der Waals surface area contributed by atoms with E-state index >= 15 is 0 Å².